The Labute approximate surface area is 108 Å². The van der Waals surface area contributed by atoms with Gasteiger partial charge in [-0.2, -0.15) is 5.26 Å². The van der Waals surface area contributed by atoms with Crippen molar-refractivity contribution in [2.24, 2.45) is 0 Å². The first-order chi connectivity index (χ1) is 8.40. The van der Waals surface area contributed by atoms with Gasteiger partial charge in [0.15, 0.2) is 0 Å². The van der Waals surface area contributed by atoms with Crippen molar-refractivity contribution in [1.29, 1.82) is 5.26 Å². The maximum absolute atomic E-state index is 12.1. The minimum absolute atomic E-state index is 0.116. The highest BCUT2D eigenvalue weighted by Gasteiger charge is 2.19. The first-order valence-corrected chi connectivity index (χ1v) is 6.85. The van der Waals surface area contributed by atoms with Crippen LogP contribution in [0.25, 0.3) is 0 Å². The van der Waals surface area contributed by atoms with Crippen molar-refractivity contribution >= 4 is 10.0 Å². The summed E-state index contributed by atoms with van der Waals surface area (Å²) >= 11 is 0. The van der Waals surface area contributed by atoms with Gasteiger partial charge in [-0.1, -0.05) is 6.07 Å². The number of sulfonamides is 1. The van der Waals surface area contributed by atoms with Crippen LogP contribution in [0.3, 0.4) is 0 Å². The molecule has 0 saturated carbocycles. The number of aryl methyl sites for hydroxylation is 1. The summed E-state index contributed by atoms with van der Waals surface area (Å²) in [6, 6.07) is 6.13. The molecule has 0 fully saturated rings. The third-order valence-corrected chi connectivity index (χ3v) is 4.12. The van der Waals surface area contributed by atoms with Gasteiger partial charge in [-0.25, -0.2) is 13.1 Å². The highest BCUT2D eigenvalue weighted by molar-refractivity contribution is 7.89. The first-order valence-electron chi connectivity index (χ1n) is 5.37. The van der Waals surface area contributed by atoms with Gasteiger partial charge < -0.3 is 0 Å². The zero-order chi connectivity index (χ0) is 13.8. The Kier molecular flexibility index (Phi) is 4.49. The van der Waals surface area contributed by atoms with E-state index in [1.165, 1.54) is 6.07 Å². The summed E-state index contributed by atoms with van der Waals surface area (Å²) in [5.74, 6) is 2.40. The average molecular weight is 262 g/mol. The SMILES string of the molecule is C#CCC(C)NS(=O)(=O)c1cc(C#N)ccc1C. The van der Waals surface area contributed by atoms with Crippen LogP contribution in [-0.2, 0) is 10.0 Å². The Hall–Kier alpha value is -1.82. The van der Waals surface area contributed by atoms with Crippen molar-refractivity contribution in [3.8, 4) is 18.4 Å². The maximum Gasteiger partial charge on any atom is 0.241 e. The van der Waals surface area contributed by atoms with E-state index in [1.54, 1.807) is 26.0 Å². The van der Waals surface area contributed by atoms with E-state index in [9.17, 15) is 8.42 Å². The van der Waals surface area contributed by atoms with Gasteiger partial charge in [0, 0.05) is 12.5 Å². The third-order valence-electron chi connectivity index (χ3n) is 2.39. The largest absolute Gasteiger partial charge is 0.241 e. The maximum atomic E-state index is 12.1. The number of rotatable bonds is 4. The molecule has 1 rings (SSSR count). The van der Waals surface area contributed by atoms with Crippen molar-refractivity contribution in [3.63, 3.8) is 0 Å². The number of nitriles is 1. The standard InChI is InChI=1S/C13H14N2O2S/c1-4-5-11(3)15-18(16,17)13-8-12(9-14)7-6-10(13)2/h1,6-8,11,15H,5H2,2-3H3. The van der Waals surface area contributed by atoms with Crippen LogP contribution in [0.15, 0.2) is 23.1 Å². The van der Waals surface area contributed by atoms with Crippen molar-refractivity contribution in [2.45, 2.75) is 31.2 Å². The van der Waals surface area contributed by atoms with Gasteiger partial charge >= 0.3 is 0 Å². The van der Waals surface area contributed by atoms with Crippen LogP contribution in [0.1, 0.15) is 24.5 Å². The van der Waals surface area contributed by atoms with Crippen LogP contribution in [-0.4, -0.2) is 14.5 Å². The highest BCUT2D eigenvalue weighted by atomic mass is 32.2. The van der Waals surface area contributed by atoms with E-state index in [2.05, 4.69) is 10.6 Å². The lowest BCUT2D eigenvalue weighted by molar-refractivity contribution is 0.563. The predicted octanol–water partition coefficient (Wildman–Crippen LogP) is 1.56. The molecule has 0 aliphatic carbocycles. The van der Waals surface area contributed by atoms with Gasteiger partial charge in [0.1, 0.15) is 0 Å². The van der Waals surface area contributed by atoms with E-state index in [-0.39, 0.29) is 10.9 Å². The molecule has 94 valence electrons. The van der Waals surface area contributed by atoms with Crippen molar-refractivity contribution < 1.29 is 8.42 Å². The van der Waals surface area contributed by atoms with E-state index in [0.29, 0.717) is 17.5 Å². The number of hydrogen-bond acceptors (Lipinski definition) is 3. The molecule has 4 nitrogen and oxygen atoms in total. The molecular weight excluding hydrogens is 248 g/mol. The average Bonchev–Trinajstić information content (AvgIpc) is 2.29. The summed E-state index contributed by atoms with van der Waals surface area (Å²) in [5.41, 5.74) is 0.903. The number of terminal acetylenes is 1. The molecule has 0 saturated heterocycles. The van der Waals surface area contributed by atoms with Gasteiger partial charge in [-0.05, 0) is 31.5 Å². The van der Waals surface area contributed by atoms with Crippen LogP contribution in [0.4, 0.5) is 0 Å². The fraction of sp³-hybridized carbons (Fsp3) is 0.308. The van der Waals surface area contributed by atoms with Crippen LogP contribution in [0, 0.1) is 30.6 Å². The van der Waals surface area contributed by atoms with Gasteiger partial charge in [-0.15, -0.1) is 12.3 Å². The van der Waals surface area contributed by atoms with Crippen LogP contribution < -0.4 is 4.72 Å². The summed E-state index contributed by atoms with van der Waals surface area (Å²) in [6.45, 7) is 3.38. The number of nitrogens with zero attached hydrogens (tertiary/aromatic N) is 1. The summed E-state index contributed by atoms with van der Waals surface area (Å²) in [5, 5.41) is 8.79. The van der Waals surface area contributed by atoms with Gasteiger partial charge in [-0.3, -0.25) is 0 Å². The van der Waals surface area contributed by atoms with Crippen LogP contribution in [0.5, 0.6) is 0 Å². The van der Waals surface area contributed by atoms with Gasteiger partial charge in [0.25, 0.3) is 0 Å². The van der Waals surface area contributed by atoms with Crippen molar-refractivity contribution in [3.05, 3.63) is 29.3 Å². The normalized spacial score (nSPS) is 12.4. The lowest BCUT2D eigenvalue weighted by Crippen LogP contribution is -2.32. The molecule has 1 aromatic carbocycles. The molecule has 0 amide bonds. The second-order valence-corrected chi connectivity index (χ2v) is 5.71. The Morgan fingerprint density at radius 3 is 2.72 bits per heavy atom. The molecule has 0 spiro atoms. The second-order valence-electron chi connectivity index (χ2n) is 4.02. The number of nitrogens with one attached hydrogen (secondary N) is 1. The van der Waals surface area contributed by atoms with E-state index in [4.69, 9.17) is 11.7 Å². The lowest BCUT2D eigenvalue weighted by atomic mass is 10.2. The van der Waals surface area contributed by atoms with E-state index < -0.39 is 10.0 Å². The molecular formula is C13H14N2O2S. The van der Waals surface area contributed by atoms with Gasteiger partial charge in [0.2, 0.25) is 10.0 Å². The molecule has 1 unspecified atom stereocenters. The Morgan fingerprint density at radius 2 is 2.17 bits per heavy atom. The molecule has 0 radical (unpaired) electrons. The number of benzene rings is 1. The molecule has 0 heterocycles. The molecule has 5 heteroatoms. The highest BCUT2D eigenvalue weighted by Crippen LogP contribution is 2.17. The lowest BCUT2D eigenvalue weighted by Gasteiger charge is -2.13. The minimum Gasteiger partial charge on any atom is -0.207 e. The van der Waals surface area contributed by atoms with E-state index in [1.807, 2.05) is 6.07 Å². The predicted molar refractivity (Wildman–Crippen MR) is 69.1 cm³/mol. The van der Waals surface area contributed by atoms with Gasteiger partial charge in [0.05, 0.1) is 16.5 Å². The topological polar surface area (TPSA) is 70.0 Å². The fourth-order valence-corrected chi connectivity index (χ4v) is 3.02. The molecule has 1 N–H and O–H groups in total. The zero-order valence-electron chi connectivity index (χ0n) is 10.3. The molecule has 1 atom stereocenters. The second kappa shape index (κ2) is 5.68. The summed E-state index contributed by atoms with van der Waals surface area (Å²) in [6.07, 6.45) is 5.45. The molecule has 0 aromatic heterocycles. The van der Waals surface area contributed by atoms with Crippen LogP contribution in [0.2, 0.25) is 0 Å². The van der Waals surface area contributed by atoms with Crippen LogP contribution >= 0.6 is 0 Å². The monoisotopic (exact) mass is 262 g/mol. The van der Waals surface area contributed by atoms with Crippen molar-refractivity contribution in [1.82, 2.24) is 4.72 Å². The Bertz CT molecular complexity index is 621. The Morgan fingerprint density at radius 1 is 1.50 bits per heavy atom. The first kappa shape index (κ1) is 14.2. The molecule has 0 aliphatic heterocycles. The smallest absolute Gasteiger partial charge is 0.207 e. The fourth-order valence-electron chi connectivity index (χ4n) is 1.51. The minimum atomic E-state index is -3.64. The van der Waals surface area contributed by atoms with Crippen molar-refractivity contribution in [2.75, 3.05) is 0 Å². The zero-order valence-corrected chi connectivity index (χ0v) is 11.1. The molecule has 18 heavy (non-hydrogen) atoms. The molecule has 1 aromatic rings. The Balaban J connectivity index is 3.14. The quantitative estimate of drug-likeness (QED) is 0.837. The van der Waals surface area contributed by atoms with E-state index >= 15 is 0 Å². The number of hydrogen-bond donors (Lipinski definition) is 1. The van der Waals surface area contributed by atoms with E-state index in [0.717, 1.165) is 0 Å². The summed E-state index contributed by atoms with van der Waals surface area (Å²) in [7, 11) is -3.64. The molecule has 0 bridgehead atoms. The summed E-state index contributed by atoms with van der Waals surface area (Å²) in [4.78, 5) is 0.116. The summed E-state index contributed by atoms with van der Waals surface area (Å²) < 4.78 is 26.7. The molecule has 0 aliphatic rings. The third kappa shape index (κ3) is 3.33.